The molecule has 1 aromatic rings. The van der Waals surface area contributed by atoms with E-state index in [-0.39, 0.29) is 5.69 Å². The van der Waals surface area contributed by atoms with Crippen LogP contribution in [0.2, 0.25) is 5.02 Å². The summed E-state index contributed by atoms with van der Waals surface area (Å²) < 4.78 is 0. The Balaban J connectivity index is 2.90. The summed E-state index contributed by atoms with van der Waals surface area (Å²) in [6.07, 6.45) is 1.46. The van der Waals surface area contributed by atoms with E-state index in [1.54, 1.807) is 6.07 Å². The summed E-state index contributed by atoms with van der Waals surface area (Å²) in [7, 11) is 0. The van der Waals surface area contributed by atoms with Crippen molar-refractivity contribution < 1.29 is 4.92 Å². The van der Waals surface area contributed by atoms with E-state index in [0.29, 0.717) is 18.0 Å². The Morgan fingerprint density at radius 3 is 2.79 bits per heavy atom. The molecule has 0 aliphatic rings. The molecule has 76 valence electrons. The Labute approximate surface area is 86.8 Å². The van der Waals surface area contributed by atoms with E-state index < -0.39 is 4.92 Å². The predicted molar refractivity (Wildman–Crippen MR) is 55.5 cm³/mol. The van der Waals surface area contributed by atoms with Crippen LogP contribution in [0, 0.1) is 10.1 Å². The zero-order chi connectivity index (χ0) is 10.6. The molecule has 1 rings (SSSR count). The fraction of sp³-hybridized carbons (Fsp3) is 0.333. The van der Waals surface area contributed by atoms with Crippen LogP contribution in [0.25, 0.3) is 0 Å². The molecule has 0 saturated heterocycles. The highest BCUT2D eigenvalue weighted by Gasteiger charge is 2.08. The summed E-state index contributed by atoms with van der Waals surface area (Å²) >= 11 is 5.87. The van der Waals surface area contributed by atoms with Crippen LogP contribution in [0.3, 0.4) is 0 Å². The van der Waals surface area contributed by atoms with Gasteiger partial charge in [0.25, 0.3) is 5.69 Å². The molecular weight excluding hydrogens is 204 g/mol. The zero-order valence-electron chi connectivity index (χ0n) is 7.57. The van der Waals surface area contributed by atoms with Gasteiger partial charge in [0.05, 0.1) is 4.92 Å². The maximum Gasteiger partial charge on any atom is 0.269 e. The molecule has 2 N–H and O–H groups in total. The minimum atomic E-state index is -0.428. The van der Waals surface area contributed by atoms with E-state index in [2.05, 4.69) is 0 Å². The lowest BCUT2D eigenvalue weighted by atomic mass is 10.1. The predicted octanol–water partition coefficient (Wildman–Crippen LogP) is 2.14. The summed E-state index contributed by atoms with van der Waals surface area (Å²) in [5, 5.41) is 11.0. The standard InChI is InChI=1S/C9H11ClN2O2/c10-9-4-3-8(12(13)14)6-7(9)2-1-5-11/h3-4,6H,1-2,5,11H2. The normalized spacial score (nSPS) is 10.1. The fourth-order valence-electron chi connectivity index (χ4n) is 1.16. The van der Waals surface area contributed by atoms with Crippen molar-refractivity contribution in [1.29, 1.82) is 0 Å². The molecule has 4 nitrogen and oxygen atoms in total. The molecule has 0 unspecified atom stereocenters. The summed E-state index contributed by atoms with van der Waals surface area (Å²) in [5.74, 6) is 0. The average molecular weight is 215 g/mol. The van der Waals surface area contributed by atoms with Crippen LogP contribution >= 0.6 is 11.6 Å². The van der Waals surface area contributed by atoms with Gasteiger partial charge >= 0.3 is 0 Å². The molecule has 5 heteroatoms. The van der Waals surface area contributed by atoms with Crippen LogP contribution in [-0.2, 0) is 6.42 Å². The maximum atomic E-state index is 10.5. The van der Waals surface area contributed by atoms with Crippen molar-refractivity contribution in [3.8, 4) is 0 Å². The highest BCUT2D eigenvalue weighted by Crippen LogP contribution is 2.22. The first-order valence-electron chi connectivity index (χ1n) is 4.28. The number of hydrogen-bond acceptors (Lipinski definition) is 3. The second-order valence-corrected chi connectivity index (χ2v) is 3.33. The first kappa shape index (κ1) is 10.9. The van der Waals surface area contributed by atoms with Gasteiger partial charge in [-0.15, -0.1) is 0 Å². The van der Waals surface area contributed by atoms with E-state index in [1.807, 2.05) is 0 Å². The van der Waals surface area contributed by atoms with Gasteiger partial charge in [0.1, 0.15) is 0 Å². The SMILES string of the molecule is NCCCc1cc([N+](=O)[O-])ccc1Cl. The topological polar surface area (TPSA) is 69.2 Å². The lowest BCUT2D eigenvalue weighted by Crippen LogP contribution is -2.01. The highest BCUT2D eigenvalue weighted by molar-refractivity contribution is 6.31. The number of non-ortho nitro benzene ring substituents is 1. The molecule has 0 radical (unpaired) electrons. The number of nitro groups is 1. The number of nitrogens with zero attached hydrogens (tertiary/aromatic N) is 1. The number of aryl methyl sites for hydroxylation is 1. The molecule has 1 aromatic carbocycles. The van der Waals surface area contributed by atoms with Gasteiger partial charge in [0.2, 0.25) is 0 Å². The smallest absolute Gasteiger partial charge is 0.269 e. The van der Waals surface area contributed by atoms with Crippen molar-refractivity contribution in [1.82, 2.24) is 0 Å². The molecule has 0 aliphatic carbocycles. The molecule has 0 saturated carbocycles. The molecule has 14 heavy (non-hydrogen) atoms. The lowest BCUT2D eigenvalue weighted by Gasteiger charge is -2.02. The summed E-state index contributed by atoms with van der Waals surface area (Å²) in [4.78, 5) is 10.0. The van der Waals surface area contributed by atoms with Crippen LogP contribution in [0.1, 0.15) is 12.0 Å². The molecule has 0 bridgehead atoms. The van der Waals surface area contributed by atoms with Gasteiger partial charge in [-0.2, -0.15) is 0 Å². The molecule has 0 aliphatic heterocycles. The maximum absolute atomic E-state index is 10.5. The molecule has 0 fully saturated rings. The highest BCUT2D eigenvalue weighted by atomic mass is 35.5. The van der Waals surface area contributed by atoms with Crippen LogP contribution < -0.4 is 5.73 Å². The molecule has 0 aromatic heterocycles. The van der Waals surface area contributed by atoms with Gasteiger partial charge in [-0.05, 0) is 31.0 Å². The molecular formula is C9H11ClN2O2. The summed E-state index contributed by atoms with van der Waals surface area (Å²) in [6, 6.07) is 4.44. The van der Waals surface area contributed by atoms with Crippen molar-refractivity contribution in [3.05, 3.63) is 38.9 Å². The van der Waals surface area contributed by atoms with Gasteiger partial charge in [-0.25, -0.2) is 0 Å². The van der Waals surface area contributed by atoms with Crippen LogP contribution in [-0.4, -0.2) is 11.5 Å². The van der Waals surface area contributed by atoms with Gasteiger partial charge < -0.3 is 5.73 Å². The Hall–Kier alpha value is -1.13. The third kappa shape index (κ3) is 2.68. The second kappa shape index (κ2) is 4.93. The minimum absolute atomic E-state index is 0.0708. The third-order valence-electron chi connectivity index (χ3n) is 1.89. The third-order valence-corrected chi connectivity index (χ3v) is 2.26. The Kier molecular flexibility index (Phi) is 3.85. The van der Waals surface area contributed by atoms with Crippen LogP contribution in [0.4, 0.5) is 5.69 Å². The van der Waals surface area contributed by atoms with Crippen molar-refractivity contribution >= 4 is 17.3 Å². The number of hydrogen-bond donors (Lipinski definition) is 1. The van der Waals surface area contributed by atoms with E-state index >= 15 is 0 Å². The van der Waals surface area contributed by atoms with Gasteiger partial charge in [0, 0.05) is 17.2 Å². The van der Waals surface area contributed by atoms with Gasteiger partial charge in [-0.3, -0.25) is 10.1 Å². The Bertz CT molecular complexity index is 342. The van der Waals surface area contributed by atoms with E-state index in [1.165, 1.54) is 12.1 Å². The second-order valence-electron chi connectivity index (χ2n) is 2.93. The monoisotopic (exact) mass is 214 g/mol. The Morgan fingerprint density at radius 2 is 2.21 bits per heavy atom. The van der Waals surface area contributed by atoms with Crippen molar-refractivity contribution in [2.45, 2.75) is 12.8 Å². The number of halogens is 1. The fourth-order valence-corrected chi connectivity index (χ4v) is 1.37. The van der Waals surface area contributed by atoms with Crippen LogP contribution in [0.15, 0.2) is 18.2 Å². The van der Waals surface area contributed by atoms with E-state index in [9.17, 15) is 10.1 Å². The molecule has 0 atom stereocenters. The largest absolute Gasteiger partial charge is 0.330 e. The summed E-state index contributed by atoms with van der Waals surface area (Å²) in [5.41, 5.74) is 6.20. The quantitative estimate of drug-likeness (QED) is 0.617. The van der Waals surface area contributed by atoms with Crippen molar-refractivity contribution in [2.75, 3.05) is 6.54 Å². The van der Waals surface area contributed by atoms with Crippen molar-refractivity contribution in [3.63, 3.8) is 0 Å². The van der Waals surface area contributed by atoms with E-state index in [0.717, 1.165) is 12.0 Å². The average Bonchev–Trinajstić information content (AvgIpc) is 2.16. The zero-order valence-corrected chi connectivity index (χ0v) is 8.33. The van der Waals surface area contributed by atoms with Gasteiger partial charge in [-0.1, -0.05) is 11.6 Å². The van der Waals surface area contributed by atoms with E-state index in [4.69, 9.17) is 17.3 Å². The number of nitro benzene ring substituents is 1. The summed E-state index contributed by atoms with van der Waals surface area (Å²) in [6.45, 7) is 0.555. The minimum Gasteiger partial charge on any atom is -0.330 e. The first-order valence-corrected chi connectivity index (χ1v) is 4.66. The molecule has 0 amide bonds. The number of nitrogens with two attached hydrogens (primary N) is 1. The first-order chi connectivity index (χ1) is 6.65. The molecule has 0 spiro atoms. The number of benzene rings is 1. The van der Waals surface area contributed by atoms with Crippen molar-refractivity contribution in [2.24, 2.45) is 5.73 Å². The Morgan fingerprint density at radius 1 is 1.50 bits per heavy atom. The lowest BCUT2D eigenvalue weighted by molar-refractivity contribution is -0.384. The van der Waals surface area contributed by atoms with Gasteiger partial charge in [0.15, 0.2) is 0 Å². The van der Waals surface area contributed by atoms with Crippen LogP contribution in [0.5, 0.6) is 0 Å². The molecule has 0 heterocycles. The number of rotatable bonds is 4.